The zero-order chi connectivity index (χ0) is 17.4. The number of carbonyl (C=O) groups is 1. The summed E-state index contributed by atoms with van der Waals surface area (Å²) >= 11 is 0. The average molecular weight is 329 g/mol. The van der Waals surface area contributed by atoms with E-state index in [9.17, 15) is 13.6 Å². The highest BCUT2D eigenvalue weighted by molar-refractivity contribution is 5.74. The number of hydrogen-bond donors (Lipinski definition) is 2. The fourth-order valence-corrected chi connectivity index (χ4v) is 2.50. The van der Waals surface area contributed by atoms with Gasteiger partial charge in [-0.15, -0.1) is 0 Å². The number of alkyl halides is 2. The summed E-state index contributed by atoms with van der Waals surface area (Å²) in [6.45, 7) is 4.44. The highest BCUT2D eigenvalue weighted by Crippen LogP contribution is 2.35. The van der Waals surface area contributed by atoms with Crippen molar-refractivity contribution in [2.24, 2.45) is 18.2 Å². The van der Waals surface area contributed by atoms with Crippen LogP contribution >= 0.6 is 0 Å². The maximum atomic E-state index is 13.5. The average Bonchev–Trinajstić information content (AvgIpc) is 3.01. The molecule has 8 heteroatoms. The molecule has 2 amide bonds. The molecule has 1 saturated heterocycles. The van der Waals surface area contributed by atoms with E-state index in [2.05, 4.69) is 10.3 Å². The van der Waals surface area contributed by atoms with E-state index in [1.165, 1.54) is 13.8 Å². The van der Waals surface area contributed by atoms with Crippen molar-refractivity contribution < 1.29 is 13.6 Å². The number of aryl methyl sites for hydroxylation is 1. The van der Waals surface area contributed by atoms with Crippen LogP contribution in [0, 0.1) is 5.41 Å². The molecule has 2 atom stereocenters. The molecule has 6 nitrogen and oxygen atoms in total. The molecule has 0 unspecified atom stereocenters. The molecular weight excluding hydrogens is 304 g/mol. The zero-order valence-electron chi connectivity index (χ0n) is 14.0. The lowest BCUT2D eigenvalue weighted by Gasteiger charge is -2.32. The molecule has 23 heavy (non-hydrogen) atoms. The quantitative estimate of drug-likeness (QED) is 0.880. The van der Waals surface area contributed by atoms with Crippen molar-refractivity contribution in [2.75, 3.05) is 19.6 Å². The predicted molar refractivity (Wildman–Crippen MR) is 83.3 cm³/mol. The van der Waals surface area contributed by atoms with Crippen LogP contribution in [0.2, 0.25) is 0 Å². The number of nitrogens with two attached hydrogens (primary N) is 1. The number of rotatable bonds is 4. The Morgan fingerprint density at radius 2 is 2.09 bits per heavy atom. The van der Waals surface area contributed by atoms with Gasteiger partial charge in [0.05, 0.1) is 12.0 Å². The lowest BCUT2D eigenvalue weighted by molar-refractivity contribution is -0.0857. The molecule has 0 saturated carbocycles. The molecule has 1 aromatic rings. The third kappa shape index (κ3) is 3.80. The number of nitrogens with zero attached hydrogens (tertiary/aromatic N) is 3. The molecule has 130 valence electrons. The van der Waals surface area contributed by atoms with Crippen molar-refractivity contribution in [1.82, 2.24) is 19.8 Å². The summed E-state index contributed by atoms with van der Waals surface area (Å²) < 4.78 is 28.8. The van der Waals surface area contributed by atoms with Gasteiger partial charge in [-0.25, -0.2) is 18.6 Å². The Morgan fingerprint density at radius 1 is 1.43 bits per heavy atom. The summed E-state index contributed by atoms with van der Waals surface area (Å²) in [5, 5.41) is 2.60. The standard InChI is InChI=1S/C15H25F2N5O/c1-14(2,15(3,16)17)8-19-13(23)22-5-10(11(18)6-22)12-7-21(4)9-20-12/h7,9-11H,5-6,8,18H2,1-4H3,(H,19,23)/t10-,11-/m1/s1. The number of carbonyl (C=O) groups excluding carboxylic acids is 1. The van der Waals surface area contributed by atoms with E-state index in [1.54, 1.807) is 11.2 Å². The molecule has 0 aliphatic carbocycles. The van der Waals surface area contributed by atoms with E-state index in [-0.39, 0.29) is 24.5 Å². The highest BCUT2D eigenvalue weighted by atomic mass is 19.3. The van der Waals surface area contributed by atoms with Crippen LogP contribution in [0.4, 0.5) is 13.6 Å². The van der Waals surface area contributed by atoms with Crippen LogP contribution in [-0.4, -0.2) is 52.1 Å². The van der Waals surface area contributed by atoms with Gasteiger partial charge in [-0.1, -0.05) is 13.8 Å². The SMILES string of the molecule is Cn1cnc([C@@H]2CN(C(=O)NCC(C)(C)C(C)(F)F)C[C@H]2N)c1. The second-order valence-corrected chi connectivity index (χ2v) is 7.07. The van der Waals surface area contributed by atoms with E-state index < -0.39 is 11.3 Å². The Morgan fingerprint density at radius 3 is 2.61 bits per heavy atom. The van der Waals surface area contributed by atoms with Gasteiger partial charge in [0.25, 0.3) is 5.92 Å². The van der Waals surface area contributed by atoms with Crippen LogP contribution in [0.15, 0.2) is 12.5 Å². The Kier molecular flexibility index (Phi) is 4.66. The first-order valence-electron chi connectivity index (χ1n) is 7.65. The second kappa shape index (κ2) is 6.07. The third-order valence-electron chi connectivity index (χ3n) is 4.63. The summed E-state index contributed by atoms with van der Waals surface area (Å²) in [5.74, 6) is -2.92. The largest absolute Gasteiger partial charge is 0.340 e. The summed E-state index contributed by atoms with van der Waals surface area (Å²) in [7, 11) is 1.87. The normalized spacial score (nSPS) is 22.5. The molecular formula is C15H25F2N5O. The van der Waals surface area contributed by atoms with Gasteiger partial charge in [0, 0.05) is 50.3 Å². The maximum Gasteiger partial charge on any atom is 0.317 e. The molecule has 1 aliphatic rings. The number of imidazole rings is 1. The van der Waals surface area contributed by atoms with E-state index in [1.807, 2.05) is 17.8 Å². The van der Waals surface area contributed by atoms with Gasteiger partial charge in [-0.05, 0) is 6.92 Å². The van der Waals surface area contributed by atoms with Crippen molar-refractivity contribution in [3.05, 3.63) is 18.2 Å². The van der Waals surface area contributed by atoms with Gasteiger partial charge in [0.2, 0.25) is 0 Å². The Bertz CT molecular complexity index is 566. The lowest BCUT2D eigenvalue weighted by atomic mass is 9.86. The van der Waals surface area contributed by atoms with E-state index >= 15 is 0 Å². The highest BCUT2D eigenvalue weighted by Gasteiger charge is 2.43. The minimum atomic E-state index is -2.88. The first-order chi connectivity index (χ1) is 10.5. The van der Waals surface area contributed by atoms with Gasteiger partial charge >= 0.3 is 6.03 Å². The minimum Gasteiger partial charge on any atom is -0.340 e. The van der Waals surface area contributed by atoms with E-state index in [0.717, 1.165) is 12.6 Å². The fourth-order valence-electron chi connectivity index (χ4n) is 2.50. The van der Waals surface area contributed by atoms with E-state index in [0.29, 0.717) is 13.1 Å². The number of nitrogens with one attached hydrogen (secondary N) is 1. The number of halogens is 2. The van der Waals surface area contributed by atoms with Crippen LogP contribution in [-0.2, 0) is 7.05 Å². The molecule has 1 aromatic heterocycles. The number of hydrogen-bond acceptors (Lipinski definition) is 3. The topological polar surface area (TPSA) is 76.2 Å². The van der Waals surface area contributed by atoms with Crippen molar-refractivity contribution >= 4 is 6.03 Å². The molecule has 0 bridgehead atoms. The van der Waals surface area contributed by atoms with Gasteiger partial charge in [-0.3, -0.25) is 0 Å². The van der Waals surface area contributed by atoms with Crippen LogP contribution in [0.25, 0.3) is 0 Å². The number of urea groups is 1. The molecule has 2 heterocycles. The van der Waals surface area contributed by atoms with Crippen LogP contribution in [0.5, 0.6) is 0 Å². The Labute approximate surface area is 135 Å². The van der Waals surface area contributed by atoms with Gasteiger partial charge in [0.15, 0.2) is 0 Å². The molecule has 1 aliphatic heterocycles. The summed E-state index contributed by atoms with van der Waals surface area (Å²) in [4.78, 5) is 18.1. The monoisotopic (exact) mass is 329 g/mol. The lowest BCUT2D eigenvalue weighted by Crippen LogP contribution is -2.48. The van der Waals surface area contributed by atoms with Crippen LogP contribution in [0.3, 0.4) is 0 Å². The zero-order valence-corrected chi connectivity index (χ0v) is 14.0. The number of likely N-dealkylation sites (tertiary alicyclic amines) is 1. The minimum absolute atomic E-state index is 0.0393. The van der Waals surface area contributed by atoms with Crippen LogP contribution < -0.4 is 11.1 Å². The molecule has 2 rings (SSSR count). The second-order valence-electron chi connectivity index (χ2n) is 7.07. The molecule has 0 aromatic carbocycles. The maximum absolute atomic E-state index is 13.5. The molecule has 1 fully saturated rings. The predicted octanol–water partition coefficient (Wildman–Crippen LogP) is 1.54. The summed E-state index contributed by atoms with van der Waals surface area (Å²) in [5.41, 5.74) is 5.64. The summed E-state index contributed by atoms with van der Waals surface area (Å²) in [6, 6.07) is -0.576. The van der Waals surface area contributed by atoms with Crippen molar-refractivity contribution in [2.45, 2.75) is 38.7 Å². The Hall–Kier alpha value is -1.70. The number of aromatic nitrogens is 2. The van der Waals surface area contributed by atoms with Crippen molar-refractivity contribution in [3.63, 3.8) is 0 Å². The van der Waals surface area contributed by atoms with E-state index in [4.69, 9.17) is 5.73 Å². The third-order valence-corrected chi connectivity index (χ3v) is 4.63. The van der Waals surface area contributed by atoms with Gasteiger partial charge in [0.1, 0.15) is 0 Å². The van der Waals surface area contributed by atoms with Crippen molar-refractivity contribution in [3.8, 4) is 0 Å². The summed E-state index contributed by atoms with van der Waals surface area (Å²) in [6.07, 6.45) is 3.57. The van der Waals surface area contributed by atoms with Gasteiger partial charge < -0.3 is 20.5 Å². The van der Waals surface area contributed by atoms with Gasteiger partial charge in [-0.2, -0.15) is 0 Å². The molecule has 3 N–H and O–H groups in total. The van der Waals surface area contributed by atoms with Crippen LogP contribution in [0.1, 0.15) is 32.4 Å². The molecule has 0 spiro atoms. The smallest absolute Gasteiger partial charge is 0.317 e. The molecule has 0 radical (unpaired) electrons. The number of amides is 2. The Balaban J connectivity index is 1.94. The van der Waals surface area contributed by atoms with Crippen molar-refractivity contribution in [1.29, 1.82) is 0 Å². The fraction of sp³-hybridized carbons (Fsp3) is 0.733. The first-order valence-corrected chi connectivity index (χ1v) is 7.65. The first kappa shape index (κ1) is 17.7.